The number of fused-ring (bicyclic) bond motifs is 1. The maximum Gasteiger partial charge on any atom is 0.255 e. The van der Waals surface area contributed by atoms with E-state index in [0.29, 0.717) is 28.8 Å². The maximum atomic E-state index is 12.6. The molecule has 6 heteroatoms. The number of nitrogens with one attached hydrogen (secondary N) is 2. The molecule has 1 amide bonds. The van der Waals surface area contributed by atoms with Crippen LogP contribution >= 0.6 is 0 Å². The van der Waals surface area contributed by atoms with Crippen molar-refractivity contribution >= 4 is 33.9 Å². The molecule has 2 N–H and O–H groups in total. The van der Waals surface area contributed by atoms with E-state index in [2.05, 4.69) is 20.6 Å². The molecule has 0 saturated heterocycles. The van der Waals surface area contributed by atoms with Gasteiger partial charge in [-0.05, 0) is 54.1 Å². The zero-order valence-electron chi connectivity index (χ0n) is 16.1. The molecule has 0 aliphatic carbocycles. The van der Waals surface area contributed by atoms with Crippen LogP contribution in [0.3, 0.4) is 0 Å². The third-order valence-corrected chi connectivity index (χ3v) is 4.45. The van der Waals surface area contributed by atoms with Gasteiger partial charge < -0.3 is 15.4 Å². The summed E-state index contributed by atoms with van der Waals surface area (Å²) in [6.45, 7) is 1.80. The second-order valence-electron chi connectivity index (χ2n) is 6.56. The first-order chi connectivity index (χ1) is 14.1. The van der Waals surface area contributed by atoms with E-state index >= 15 is 0 Å². The van der Waals surface area contributed by atoms with Gasteiger partial charge in [0.25, 0.3) is 5.91 Å². The van der Waals surface area contributed by atoms with Crippen molar-refractivity contribution in [2.75, 3.05) is 17.7 Å². The van der Waals surface area contributed by atoms with E-state index in [1.165, 1.54) is 0 Å². The lowest BCUT2D eigenvalue weighted by atomic mass is 10.1. The molecule has 0 fully saturated rings. The number of hydrogen-bond acceptors (Lipinski definition) is 5. The number of carbonyl (C=O) groups is 1. The average molecular weight is 384 g/mol. The fraction of sp³-hybridized carbons (Fsp3) is 0.0870. The lowest BCUT2D eigenvalue weighted by Gasteiger charge is -2.10. The Morgan fingerprint density at radius 1 is 0.862 bits per heavy atom. The highest BCUT2D eigenvalue weighted by atomic mass is 16.5. The fourth-order valence-corrected chi connectivity index (χ4v) is 3.03. The van der Waals surface area contributed by atoms with E-state index in [4.69, 9.17) is 4.74 Å². The van der Waals surface area contributed by atoms with Crippen LogP contribution in [0.2, 0.25) is 0 Å². The number of amides is 1. The third-order valence-electron chi connectivity index (χ3n) is 4.45. The standard InChI is InChI=1S/C23H20N4O2/c1-15-24-21(14-22(25-15)29-2)26-19-9-11-20(12-10-19)27-23(28)18-8-7-16-5-3-4-6-17(16)13-18/h3-14H,1-2H3,(H,27,28)(H,24,25,26). The molecule has 1 aromatic heterocycles. The number of methoxy groups -OCH3 is 1. The number of aryl methyl sites for hydroxylation is 1. The summed E-state index contributed by atoms with van der Waals surface area (Å²) in [7, 11) is 1.57. The van der Waals surface area contributed by atoms with Gasteiger partial charge in [-0.15, -0.1) is 0 Å². The fourth-order valence-electron chi connectivity index (χ4n) is 3.03. The van der Waals surface area contributed by atoms with Gasteiger partial charge in [0.2, 0.25) is 5.88 Å². The number of benzene rings is 3. The summed E-state index contributed by atoms with van der Waals surface area (Å²) in [4.78, 5) is 21.1. The Hall–Kier alpha value is -3.93. The van der Waals surface area contributed by atoms with E-state index in [9.17, 15) is 4.79 Å². The van der Waals surface area contributed by atoms with Crippen LogP contribution in [0, 0.1) is 6.92 Å². The Labute approximate surface area is 168 Å². The Morgan fingerprint density at radius 3 is 2.34 bits per heavy atom. The van der Waals surface area contributed by atoms with Crippen molar-refractivity contribution in [3.05, 3.63) is 84.2 Å². The van der Waals surface area contributed by atoms with Crippen molar-refractivity contribution in [1.29, 1.82) is 0 Å². The summed E-state index contributed by atoms with van der Waals surface area (Å²) in [6.07, 6.45) is 0. The maximum absolute atomic E-state index is 12.6. The van der Waals surface area contributed by atoms with Gasteiger partial charge >= 0.3 is 0 Å². The van der Waals surface area contributed by atoms with Crippen LogP contribution < -0.4 is 15.4 Å². The molecule has 0 bridgehead atoms. The van der Waals surface area contributed by atoms with Crippen molar-refractivity contribution < 1.29 is 9.53 Å². The van der Waals surface area contributed by atoms with Crippen LogP contribution in [-0.2, 0) is 0 Å². The first kappa shape index (κ1) is 18.4. The summed E-state index contributed by atoms with van der Waals surface area (Å²) in [5.41, 5.74) is 2.17. The Kier molecular flexibility index (Phi) is 5.07. The third kappa shape index (κ3) is 4.32. The predicted octanol–water partition coefficient (Wildman–Crippen LogP) is 4.94. The number of rotatable bonds is 5. The van der Waals surface area contributed by atoms with Gasteiger partial charge in [-0.25, -0.2) is 4.98 Å². The van der Waals surface area contributed by atoms with Crippen LogP contribution in [0.1, 0.15) is 16.2 Å². The van der Waals surface area contributed by atoms with Crippen molar-refractivity contribution in [3.63, 3.8) is 0 Å². The Bertz CT molecular complexity index is 1170. The first-order valence-electron chi connectivity index (χ1n) is 9.18. The van der Waals surface area contributed by atoms with Crippen LogP contribution in [-0.4, -0.2) is 23.0 Å². The van der Waals surface area contributed by atoms with Gasteiger partial charge in [-0.3, -0.25) is 4.79 Å². The minimum atomic E-state index is -0.146. The van der Waals surface area contributed by atoms with Crippen LogP contribution in [0.25, 0.3) is 10.8 Å². The summed E-state index contributed by atoms with van der Waals surface area (Å²) in [5.74, 6) is 1.61. The monoisotopic (exact) mass is 384 g/mol. The lowest BCUT2D eigenvalue weighted by Crippen LogP contribution is -2.11. The predicted molar refractivity (Wildman–Crippen MR) is 115 cm³/mol. The van der Waals surface area contributed by atoms with Crippen molar-refractivity contribution in [1.82, 2.24) is 9.97 Å². The van der Waals surface area contributed by atoms with E-state index < -0.39 is 0 Å². The number of ether oxygens (including phenoxy) is 1. The van der Waals surface area contributed by atoms with Gasteiger partial charge in [0, 0.05) is 23.0 Å². The highest BCUT2D eigenvalue weighted by molar-refractivity contribution is 6.06. The molecule has 3 aromatic carbocycles. The van der Waals surface area contributed by atoms with Crippen LogP contribution in [0.15, 0.2) is 72.8 Å². The molecule has 6 nitrogen and oxygen atoms in total. The Morgan fingerprint density at radius 2 is 1.59 bits per heavy atom. The molecule has 29 heavy (non-hydrogen) atoms. The van der Waals surface area contributed by atoms with Crippen LogP contribution in [0.4, 0.5) is 17.2 Å². The van der Waals surface area contributed by atoms with Gasteiger partial charge in [0.15, 0.2) is 0 Å². The Balaban J connectivity index is 1.46. The number of nitrogens with zero attached hydrogens (tertiary/aromatic N) is 2. The summed E-state index contributed by atoms with van der Waals surface area (Å²) in [5, 5.41) is 8.28. The quantitative estimate of drug-likeness (QED) is 0.509. The average Bonchev–Trinajstić information content (AvgIpc) is 2.74. The molecule has 0 spiro atoms. The molecule has 0 atom stereocenters. The second kappa shape index (κ2) is 7.98. The minimum Gasteiger partial charge on any atom is -0.481 e. The summed E-state index contributed by atoms with van der Waals surface area (Å²) >= 11 is 0. The zero-order chi connectivity index (χ0) is 20.2. The molecule has 0 radical (unpaired) electrons. The topological polar surface area (TPSA) is 76.1 Å². The molecule has 144 valence electrons. The highest BCUT2D eigenvalue weighted by Gasteiger charge is 2.08. The number of aromatic nitrogens is 2. The smallest absolute Gasteiger partial charge is 0.255 e. The van der Waals surface area contributed by atoms with E-state index in [1.807, 2.05) is 66.7 Å². The molecule has 4 rings (SSSR count). The van der Waals surface area contributed by atoms with Crippen LogP contribution in [0.5, 0.6) is 5.88 Å². The molecule has 1 heterocycles. The lowest BCUT2D eigenvalue weighted by molar-refractivity contribution is 0.102. The summed E-state index contributed by atoms with van der Waals surface area (Å²) in [6, 6.07) is 22.8. The van der Waals surface area contributed by atoms with Gasteiger partial charge in [-0.1, -0.05) is 30.3 Å². The number of anilines is 3. The zero-order valence-corrected chi connectivity index (χ0v) is 16.1. The molecule has 0 saturated carbocycles. The normalized spacial score (nSPS) is 10.6. The molecule has 4 aromatic rings. The van der Waals surface area contributed by atoms with Gasteiger partial charge in [0.05, 0.1) is 7.11 Å². The highest BCUT2D eigenvalue weighted by Crippen LogP contribution is 2.21. The van der Waals surface area contributed by atoms with Crippen molar-refractivity contribution in [2.45, 2.75) is 6.92 Å². The van der Waals surface area contributed by atoms with E-state index in [0.717, 1.165) is 16.5 Å². The molecule has 0 unspecified atom stereocenters. The second-order valence-corrected chi connectivity index (χ2v) is 6.56. The molecular weight excluding hydrogens is 364 g/mol. The van der Waals surface area contributed by atoms with Gasteiger partial charge in [-0.2, -0.15) is 4.98 Å². The molecule has 0 aliphatic heterocycles. The molecule has 0 aliphatic rings. The number of hydrogen-bond donors (Lipinski definition) is 2. The number of carbonyl (C=O) groups excluding carboxylic acids is 1. The van der Waals surface area contributed by atoms with Crippen molar-refractivity contribution in [3.8, 4) is 5.88 Å². The first-order valence-corrected chi connectivity index (χ1v) is 9.18. The van der Waals surface area contributed by atoms with E-state index in [1.54, 1.807) is 20.1 Å². The largest absolute Gasteiger partial charge is 0.481 e. The minimum absolute atomic E-state index is 0.146. The van der Waals surface area contributed by atoms with E-state index in [-0.39, 0.29) is 5.91 Å². The molecular formula is C23H20N4O2. The summed E-state index contributed by atoms with van der Waals surface area (Å²) < 4.78 is 5.17. The van der Waals surface area contributed by atoms with Crippen molar-refractivity contribution in [2.24, 2.45) is 0 Å². The SMILES string of the molecule is COc1cc(Nc2ccc(NC(=O)c3ccc4ccccc4c3)cc2)nc(C)n1. The van der Waals surface area contributed by atoms with Gasteiger partial charge in [0.1, 0.15) is 11.6 Å².